The van der Waals surface area contributed by atoms with Crippen LogP contribution in [0, 0.1) is 18.3 Å². The van der Waals surface area contributed by atoms with Crippen LogP contribution in [0.1, 0.15) is 11.1 Å². The van der Waals surface area contributed by atoms with Gasteiger partial charge in [-0.3, -0.25) is 14.5 Å². The first-order valence-corrected chi connectivity index (χ1v) is 12.5. The second kappa shape index (κ2) is 10.8. The predicted molar refractivity (Wildman–Crippen MR) is 143 cm³/mol. The van der Waals surface area contributed by atoms with Gasteiger partial charge in [0.25, 0.3) is 5.91 Å². The number of aryl methyl sites for hydroxylation is 1. The van der Waals surface area contributed by atoms with Gasteiger partial charge in [-0.1, -0.05) is 70.3 Å². The van der Waals surface area contributed by atoms with Crippen LogP contribution in [0.3, 0.4) is 0 Å². The van der Waals surface area contributed by atoms with Gasteiger partial charge in [0.1, 0.15) is 16.7 Å². The summed E-state index contributed by atoms with van der Waals surface area (Å²) in [6.45, 7) is 1.94. The molecule has 0 aliphatic carbocycles. The molecule has 1 heterocycles. The van der Waals surface area contributed by atoms with E-state index in [9.17, 15) is 14.9 Å². The van der Waals surface area contributed by atoms with E-state index in [-0.39, 0.29) is 16.5 Å². The van der Waals surface area contributed by atoms with Crippen molar-refractivity contribution in [3.8, 4) is 6.07 Å². The van der Waals surface area contributed by atoms with E-state index in [1.165, 1.54) is 16.7 Å². The molecule has 3 aromatic rings. The Kier molecular flexibility index (Phi) is 7.73. The molecule has 0 aromatic heterocycles. The molecule has 1 unspecified atom stereocenters. The fourth-order valence-corrected chi connectivity index (χ4v) is 5.28. The van der Waals surface area contributed by atoms with Gasteiger partial charge in [-0.2, -0.15) is 5.26 Å². The summed E-state index contributed by atoms with van der Waals surface area (Å²) < 4.78 is 0. The number of nitrogens with one attached hydrogen (secondary N) is 1. The molecule has 0 radical (unpaired) electrons. The first-order valence-electron chi connectivity index (χ1n) is 10.5. The topological polar surface area (TPSA) is 73.2 Å². The molecule has 1 atom stereocenters. The second-order valence-electron chi connectivity index (χ2n) is 7.82. The van der Waals surface area contributed by atoms with Crippen molar-refractivity contribution in [1.29, 1.82) is 5.26 Å². The van der Waals surface area contributed by atoms with E-state index in [1.54, 1.807) is 54.6 Å². The number of nitriles is 1. The van der Waals surface area contributed by atoms with E-state index < -0.39 is 11.2 Å². The van der Waals surface area contributed by atoms with E-state index in [2.05, 4.69) is 5.32 Å². The molecule has 0 bridgehead atoms. The Hall–Kier alpha value is -2.95. The summed E-state index contributed by atoms with van der Waals surface area (Å²) in [5.74, 6) is -0.852. The third kappa shape index (κ3) is 5.66. The summed E-state index contributed by atoms with van der Waals surface area (Å²) in [5.41, 5.74) is 2.75. The second-order valence-corrected chi connectivity index (χ2v) is 10.3. The third-order valence-electron chi connectivity index (χ3n) is 5.30. The van der Waals surface area contributed by atoms with Crippen LogP contribution in [0.5, 0.6) is 0 Å². The van der Waals surface area contributed by atoms with Gasteiger partial charge in [0.05, 0.1) is 15.3 Å². The largest absolute Gasteiger partial charge is 0.321 e. The SMILES string of the molecule is Cc1ccc(NC(=O)C(C#N)=C2SC(Cc3ccc(Cl)c(Cl)c3)C(=O)N2c2ccc(Cl)cc2)cc1. The van der Waals surface area contributed by atoms with Crippen LogP contribution in [0.15, 0.2) is 77.3 Å². The van der Waals surface area contributed by atoms with Gasteiger partial charge < -0.3 is 5.32 Å². The number of amides is 2. The van der Waals surface area contributed by atoms with E-state index >= 15 is 0 Å². The zero-order valence-corrected chi connectivity index (χ0v) is 21.5. The van der Waals surface area contributed by atoms with Gasteiger partial charge in [0, 0.05) is 16.4 Å². The molecule has 9 heteroatoms. The zero-order valence-electron chi connectivity index (χ0n) is 18.4. The van der Waals surface area contributed by atoms with E-state index in [1.807, 2.05) is 25.1 Å². The molecule has 0 saturated carbocycles. The average Bonchev–Trinajstić information content (AvgIpc) is 3.14. The molecule has 0 spiro atoms. The van der Waals surface area contributed by atoms with E-state index in [0.29, 0.717) is 32.9 Å². The minimum Gasteiger partial charge on any atom is -0.321 e. The van der Waals surface area contributed by atoms with Crippen LogP contribution in [0.2, 0.25) is 15.1 Å². The van der Waals surface area contributed by atoms with Gasteiger partial charge >= 0.3 is 0 Å². The number of carbonyl (C=O) groups is 2. The summed E-state index contributed by atoms with van der Waals surface area (Å²) in [7, 11) is 0. The van der Waals surface area contributed by atoms with Crippen molar-refractivity contribution in [1.82, 2.24) is 0 Å². The molecule has 176 valence electrons. The number of halogens is 3. The van der Waals surface area contributed by atoms with Crippen molar-refractivity contribution in [3.05, 3.63) is 104 Å². The van der Waals surface area contributed by atoms with Crippen LogP contribution in [0.4, 0.5) is 11.4 Å². The number of benzene rings is 3. The number of rotatable bonds is 5. The lowest BCUT2D eigenvalue weighted by Gasteiger charge is -2.19. The quantitative estimate of drug-likeness (QED) is 0.278. The molecular weight excluding hydrogens is 525 g/mol. The standard InChI is InChI=1S/C26H18Cl3N3O2S/c1-15-2-7-18(8-3-15)31-24(33)20(14-30)26-32(19-9-5-17(27)6-10-19)25(34)23(35-26)13-16-4-11-21(28)22(29)12-16/h2-12,23H,13H2,1H3,(H,31,33). The van der Waals surface area contributed by atoms with Crippen LogP contribution in [-0.2, 0) is 16.0 Å². The maximum atomic E-state index is 13.5. The minimum absolute atomic E-state index is 0.157. The van der Waals surface area contributed by atoms with Gasteiger partial charge in [0.2, 0.25) is 5.91 Å². The highest BCUT2D eigenvalue weighted by Crippen LogP contribution is 2.42. The summed E-state index contributed by atoms with van der Waals surface area (Å²) in [6, 6.07) is 21.1. The van der Waals surface area contributed by atoms with Crippen LogP contribution >= 0.6 is 46.6 Å². The number of hydrogen-bond acceptors (Lipinski definition) is 4. The molecule has 2 amide bonds. The predicted octanol–water partition coefficient (Wildman–Crippen LogP) is 7.02. The smallest absolute Gasteiger partial charge is 0.269 e. The van der Waals surface area contributed by atoms with Crippen molar-refractivity contribution in [2.45, 2.75) is 18.6 Å². The summed E-state index contributed by atoms with van der Waals surface area (Å²) >= 11 is 19.4. The van der Waals surface area contributed by atoms with Crippen LogP contribution in [0.25, 0.3) is 0 Å². The summed E-state index contributed by atoms with van der Waals surface area (Å²) in [4.78, 5) is 28.0. The maximum Gasteiger partial charge on any atom is 0.269 e. The zero-order chi connectivity index (χ0) is 25.1. The molecule has 35 heavy (non-hydrogen) atoms. The molecule has 5 nitrogen and oxygen atoms in total. The normalized spacial score (nSPS) is 16.7. The van der Waals surface area contributed by atoms with E-state index in [0.717, 1.165) is 11.1 Å². The Morgan fingerprint density at radius 2 is 1.71 bits per heavy atom. The number of nitrogens with zero attached hydrogens (tertiary/aromatic N) is 2. The Balaban J connectivity index is 1.72. The summed E-state index contributed by atoms with van der Waals surface area (Å²) in [5, 5.41) is 13.7. The fourth-order valence-electron chi connectivity index (χ4n) is 3.52. The molecule has 1 aliphatic rings. The van der Waals surface area contributed by atoms with Crippen molar-refractivity contribution in [3.63, 3.8) is 0 Å². The van der Waals surface area contributed by atoms with Gasteiger partial charge in [0.15, 0.2) is 0 Å². The number of thioether (sulfide) groups is 1. The summed E-state index contributed by atoms with van der Waals surface area (Å²) in [6.07, 6.45) is 0.340. The minimum atomic E-state index is -0.596. The number of hydrogen-bond donors (Lipinski definition) is 1. The molecule has 1 aliphatic heterocycles. The van der Waals surface area contributed by atoms with Gasteiger partial charge in [-0.25, -0.2) is 0 Å². The fraction of sp³-hybridized carbons (Fsp3) is 0.115. The Morgan fingerprint density at radius 1 is 1.03 bits per heavy atom. The highest BCUT2D eigenvalue weighted by Gasteiger charge is 2.40. The highest BCUT2D eigenvalue weighted by atomic mass is 35.5. The third-order valence-corrected chi connectivity index (χ3v) is 7.56. The first-order chi connectivity index (χ1) is 16.8. The Bertz CT molecular complexity index is 1370. The lowest BCUT2D eigenvalue weighted by molar-refractivity contribution is -0.117. The van der Waals surface area contributed by atoms with Crippen LogP contribution < -0.4 is 10.2 Å². The Labute approximate surface area is 222 Å². The van der Waals surface area contributed by atoms with Crippen molar-refractivity contribution in [2.75, 3.05) is 10.2 Å². The lowest BCUT2D eigenvalue weighted by Crippen LogP contribution is -2.30. The average molecular weight is 543 g/mol. The lowest BCUT2D eigenvalue weighted by atomic mass is 10.1. The maximum absolute atomic E-state index is 13.5. The first kappa shape index (κ1) is 25.2. The van der Waals surface area contributed by atoms with Gasteiger partial charge in [-0.05, 0) is 67.4 Å². The van der Waals surface area contributed by atoms with E-state index in [4.69, 9.17) is 34.8 Å². The van der Waals surface area contributed by atoms with Gasteiger partial charge in [-0.15, -0.1) is 0 Å². The highest BCUT2D eigenvalue weighted by molar-refractivity contribution is 8.05. The number of carbonyl (C=O) groups excluding carboxylic acids is 2. The monoisotopic (exact) mass is 541 g/mol. The van der Waals surface area contributed by atoms with Crippen molar-refractivity contribution < 1.29 is 9.59 Å². The van der Waals surface area contributed by atoms with Crippen molar-refractivity contribution in [2.24, 2.45) is 0 Å². The van der Waals surface area contributed by atoms with Crippen LogP contribution in [-0.4, -0.2) is 17.1 Å². The number of anilines is 2. The molecule has 1 saturated heterocycles. The molecule has 1 N–H and O–H groups in total. The molecular formula is C26H18Cl3N3O2S. The molecule has 4 rings (SSSR count). The Morgan fingerprint density at radius 3 is 2.34 bits per heavy atom. The van der Waals surface area contributed by atoms with Crippen molar-refractivity contribution >= 4 is 69.8 Å². The molecule has 3 aromatic carbocycles. The molecule has 1 fully saturated rings.